The molecule has 2 aromatic rings. The van der Waals surface area contributed by atoms with Crippen molar-refractivity contribution in [2.24, 2.45) is 0 Å². The lowest BCUT2D eigenvalue weighted by molar-refractivity contribution is 0.848. The van der Waals surface area contributed by atoms with Gasteiger partial charge in [-0.05, 0) is 12.0 Å². The van der Waals surface area contributed by atoms with E-state index in [1.165, 1.54) is 0 Å². The lowest BCUT2D eigenvalue weighted by Gasteiger charge is -2.12. The number of hydrogen-bond donors (Lipinski definition) is 2. The van der Waals surface area contributed by atoms with E-state index in [0.29, 0.717) is 0 Å². The first-order valence-electron chi connectivity index (χ1n) is 6.05. The Morgan fingerprint density at radius 3 is 2.61 bits per heavy atom. The molecule has 1 unspecified atom stereocenters. The van der Waals surface area contributed by atoms with Crippen LogP contribution in [0.2, 0.25) is 0 Å². The van der Waals surface area contributed by atoms with E-state index in [1.807, 2.05) is 42.5 Å². The van der Waals surface area contributed by atoms with Crippen molar-refractivity contribution in [3.05, 3.63) is 70.6 Å². The fourth-order valence-electron chi connectivity index (χ4n) is 2.35. The van der Waals surface area contributed by atoms with Gasteiger partial charge in [0.2, 0.25) is 0 Å². The Labute approximate surface area is 105 Å². The highest BCUT2D eigenvalue weighted by Crippen LogP contribution is 2.29. The number of benzene rings is 1. The molecule has 0 saturated carbocycles. The van der Waals surface area contributed by atoms with Gasteiger partial charge in [-0.2, -0.15) is 0 Å². The van der Waals surface area contributed by atoms with Crippen LogP contribution in [0.5, 0.6) is 0 Å². The average Bonchev–Trinajstić information content (AvgIpc) is 2.83. The Balaban J connectivity index is 2.10. The van der Waals surface area contributed by atoms with Gasteiger partial charge in [-0.15, -0.1) is 0 Å². The van der Waals surface area contributed by atoms with Gasteiger partial charge in [0.05, 0.1) is 11.3 Å². The highest BCUT2D eigenvalue weighted by molar-refractivity contribution is 5.63. The summed E-state index contributed by atoms with van der Waals surface area (Å²) in [6.07, 6.45) is 9.04. The first-order chi connectivity index (χ1) is 8.86. The summed E-state index contributed by atoms with van der Waals surface area (Å²) in [6.45, 7) is 0. The molecule has 3 heteroatoms. The van der Waals surface area contributed by atoms with Crippen LogP contribution >= 0.6 is 0 Å². The zero-order valence-corrected chi connectivity index (χ0v) is 9.89. The highest BCUT2D eigenvalue weighted by atomic mass is 16.1. The molecule has 2 N–H and O–H groups in total. The zero-order valence-electron chi connectivity index (χ0n) is 9.89. The minimum absolute atomic E-state index is 0.0289. The molecule has 1 aliphatic carbocycles. The fourth-order valence-corrected chi connectivity index (χ4v) is 2.35. The van der Waals surface area contributed by atoms with Gasteiger partial charge in [-0.25, -0.2) is 0 Å². The van der Waals surface area contributed by atoms with Gasteiger partial charge in [-0.1, -0.05) is 54.6 Å². The van der Waals surface area contributed by atoms with E-state index in [1.54, 1.807) is 0 Å². The first kappa shape index (κ1) is 10.8. The molecular formula is C15H14N2O. The topological polar surface area (TPSA) is 48.6 Å². The molecule has 3 rings (SSSR count). The maximum atomic E-state index is 12.0. The molecule has 0 fully saturated rings. The zero-order chi connectivity index (χ0) is 12.4. The molecule has 0 amide bonds. The van der Waals surface area contributed by atoms with Crippen LogP contribution in [0.1, 0.15) is 17.9 Å². The maximum absolute atomic E-state index is 12.0. The predicted octanol–water partition coefficient (Wildman–Crippen LogP) is 2.97. The predicted molar refractivity (Wildman–Crippen MR) is 72.5 cm³/mol. The van der Waals surface area contributed by atoms with Crippen LogP contribution in [0, 0.1) is 0 Å². The van der Waals surface area contributed by atoms with Crippen LogP contribution in [-0.4, -0.2) is 10.2 Å². The lowest BCUT2D eigenvalue weighted by Crippen LogP contribution is -2.10. The average molecular weight is 238 g/mol. The first-order valence-corrected chi connectivity index (χ1v) is 6.05. The molecule has 0 saturated heterocycles. The molecule has 0 aliphatic heterocycles. The Morgan fingerprint density at radius 2 is 1.89 bits per heavy atom. The molecular weight excluding hydrogens is 224 g/mol. The van der Waals surface area contributed by atoms with Crippen LogP contribution in [-0.2, 0) is 0 Å². The Hall–Kier alpha value is -2.29. The summed E-state index contributed by atoms with van der Waals surface area (Å²) in [5, 5.41) is 5.69. The summed E-state index contributed by atoms with van der Waals surface area (Å²) in [5.41, 5.74) is 2.72. The van der Waals surface area contributed by atoms with Crippen LogP contribution in [0.25, 0.3) is 11.3 Å². The monoisotopic (exact) mass is 238 g/mol. The van der Waals surface area contributed by atoms with Crippen molar-refractivity contribution in [3.8, 4) is 11.3 Å². The molecule has 1 aromatic heterocycles. The molecule has 0 spiro atoms. The van der Waals surface area contributed by atoms with Crippen molar-refractivity contribution in [1.29, 1.82) is 0 Å². The molecule has 1 aliphatic rings. The van der Waals surface area contributed by atoms with Crippen molar-refractivity contribution in [2.75, 3.05) is 0 Å². The highest BCUT2D eigenvalue weighted by Gasteiger charge is 2.19. The van der Waals surface area contributed by atoms with E-state index < -0.39 is 0 Å². The third-order valence-corrected chi connectivity index (χ3v) is 3.23. The van der Waals surface area contributed by atoms with Crippen LogP contribution < -0.4 is 5.56 Å². The second-order valence-corrected chi connectivity index (χ2v) is 4.39. The number of allylic oxidation sites excluding steroid dienone is 4. The van der Waals surface area contributed by atoms with Crippen LogP contribution in [0.4, 0.5) is 0 Å². The smallest absolute Gasteiger partial charge is 0.268 e. The normalized spacial score (nSPS) is 18.1. The van der Waals surface area contributed by atoms with E-state index in [4.69, 9.17) is 0 Å². The largest absolute Gasteiger partial charge is 0.297 e. The van der Waals surface area contributed by atoms with Gasteiger partial charge in [0, 0.05) is 5.92 Å². The maximum Gasteiger partial charge on any atom is 0.268 e. The van der Waals surface area contributed by atoms with E-state index >= 15 is 0 Å². The minimum Gasteiger partial charge on any atom is -0.297 e. The van der Waals surface area contributed by atoms with E-state index in [0.717, 1.165) is 23.2 Å². The van der Waals surface area contributed by atoms with Gasteiger partial charge in [-0.3, -0.25) is 15.0 Å². The molecule has 90 valence electrons. The molecule has 0 radical (unpaired) electrons. The fraction of sp³-hybridized carbons (Fsp3) is 0.133. The molecule has 0 bridgehead atoms. The summed E-state index contributed by atoms with van der Waals surface area (Å²) in [6, 6.07) is 9.93. The molecule has 18 heavy (non-hydrogen) atoms. The Kier molecular flexibility index (Phi) is 2.73. The number of nitrogens with one attached hydrogen (secondary N) is 2. The van der Waals surface area contributed by atoms with Crippen molar-refractivity contribution in [1.82, 2.24) is 10.2 Å². The van der Waals surface area contributed by atoms with Gasteiger partial charge >= 0.3 is 0 Å². The van der Waals surface area contributed by atoms with Crippen LogP contribution in [0.15, 0.2) is 59.4 Å². The third kappa shape index (κ3) is 1.84. The second-order valence-electron chi connectivity index (χ2n) is 4.39. The summed E-state index contributed by atoms with van der Waals surface area (Å²) < 4.78 is 0. The van der Waals surface area contributed by atoms with Crippen LogP contribution in [0.3, 0.4) is 0 Å². The van der Waals surface area contributed by atoms with E-state index in [9.17, 15) is 4.79 Å². The lowest BCUT2D eigenvalue weighted by atomic mass is 9.91. The van der Waals surface area contributed by atoms with Gasteiger partial charge in [0.1, 0.15) is 0 Å². The minimum atomic E-state index is -0.0289. The summed E-state index contributed by atoms with van der Waals surface area (Å²) >= 11 is 0. The van der Waals surface area contributed by atoms with Crippen molar-refractivity contribution >= 4 is 0 Å². The standard InChI is InChI=1S/C15H14N2O/c18-15-13(11-7-3-1-4-8-11)14(16-17-15)12-9-5-2-6-10-12/h1-7,9-11H,8H2,(H2,16,17,18). The summed E-state index contributed by atoms with van der Waals surface area (Å²) in [5.74, 6) is 0.153. The van der Waals surface area contributed by atoms with Crippen molar-refractivity contribution in [3.63, 3.8) is 0 Å². The van der Waals surface area contributed by atoms with E-state index in [-0.39, 0.29) is 11.5 Å². The molecule has 1 heterocycles. The number of hydrogen-bond acceptors (Lipinski definition) is 1. The van der Waals surface area contributed by atoms with Gasteiger partial charge in [0.15, 0.2) is 0 Å². The summed E-state index contributed by atoms with van der Waals surface area (Å²) in [7, 11) is 0. The summed E-state index contributed by atoms with van der Waals surface area (Å²) in [4.78, 5) is 12.0. The molecule has 3 nitrogen and oxygen atoms in total. The Morgan fingerprint density at radius 1 is 1.06 bits per heavy atom. The second kappa shape index (κ2) is 4.53. The van der Waals surface area contributed by atoms with Crippen molar-refractivity contribution < 1.29 is 0 Å². The van der Waals surface area contributed by atoms with Crippen molar-refractivity contribution in [2.45, 2.75) is 12.3 Å². The quantitative estimate of drug-likeness (QED) is 0.830. The number of aromatic nitrogens is 2. The SMILES string of the molecule is O=c1[nH][nH]c(-c2ccccc2)c1C1C=CC=CC1. The molecule has 1 aromatic carbocycles. The number of aromatic amines is 2. The number of H-pyrrole nitrogens is 2. The van der Waals surface area contributed by atoms with Gasteiger partial charge < -0.3 is 0 Å². The van der Waals surface area contributed by atoms with Gasteiger partial charge in [0.25, 0.3) is 5.56 Å². The number of rotatable bonds is 2. The van der Waals surface area contributed by atoms with E-state index in [2.05, 4.69) is 22.3 Å². The molecule has 1 atom stereocenters. The third-order valence-electron chi connectivity index (χ3n) is 3.23. The Bertz CT molecular complexity index is 647.